The number of halogens is 11. The summed E-state index contributed by atoms with van der Waals surface area (Å²) < 4.78 is 13.6. The predicted octanol–water partition coefficient (Wildman–Crippen LogP) is 14.6. The van der Waals surface area contributed by atoms with Crippen molar-refractivity contribution in [2.45, 2.75) is 55.4 Å². The number of hydrogen-bond acceptors (Lipinski definition) is 16. The number of hydrogen-bond donors (Lipinski definition) is 12. The number of nitriles is 2. The molecule has 0 bridgehead atoms. The number of aryl methyl sites for hydroxylation is 4. The molecule has 7 aromatic carbocycles. The van der Waals surface area contributed by atoms with Crippen LogP contribution in [-0.4, -0.2) is 84.7 Å². The number of carbonyl (C=O) groups excluding carboxylic acids is 3. The standard InChI is InChI=1S/C16H16Cl2N4O.C10H11Cl2N3O2.C8H7Cl2N3O2.C8H11N.C7H4Cl2N2.C6H5Cl2N.C4H10O.C3H7NO2.CBrN.Li.2H2O/c1-9-5-3-6-10(2)13(9)21-16(23)22-15(19)20-14-11(17)7-4-8-12(14)18;1-2-17-10(16)15-9(13)14-8-6(11)4-3-5-7(8)12;9-4-2-1-3-5(10)6(4)12-7(11)13-8(14)15;1-6-4-3-5-7(2)8(6)9;8-5-2-1-3-6(9)7(5)11-4-10;7-4-2-1-3-5(8)6(4)9;1-3-5-4-2;1-2-6-3(4)5;2-1-3;;;/h3-8H,1-2H3,(H4,19,20,21,22,23);3-5H,2H2,1H3,(H3,13,14,15,16);1-3H,(H,14,15)(H3,11,12,13);3-5H,9H2,1-2H3;1-3,11H;1-3H,9H2;3-4H2,1-2H3;2H2,1H3,(H2,4,5);;;2*1H2/q;;;;;;;;;+1;;/p-1. The number of rotatable bonds is 9. The number of anilines is 4. The molecular formula is C63H74BrCl10LiN16O10. The molecule has 0 spiro atoms. The zero-order chi connectivity index (χ0) is 75.0. The molecule has 0 fully saturated rings. The summed E-state index contributed by atoms with van der Waals surface area (Å²) in [5.74, 6) is -0.542. The number of urea groups is 1. The maximum Gasteiger partial charge on any atom is 1.00 e. The van der Waals surface area contributed by atoms with Gasteiger partial charge in [-0.1, -0.05) is 183 Å². The van der Waals surface area contributed by atoms with Gasteiger partial charge in [0.15, 0.2) is 6.19 Å². The van der Waals surface area contributed by atoms with Gasteiger partial charge in [0.1, 0.15) is 22.0 Å². The fourth-order valence-electron chi connectivity index (χ4n) is 6.24. The molecule has 0 aliphatic carbocycles. The number of carboxylic acid groups (broad SMARTS) is 1. The summed E-state index contributed by atoms with van der Waals surface area (Å²) in [5.41, 5.74) is 39.8. The van der Waals surface area contributed by atoms with Crippen molar-refractivity contribution >= 4 is 214 Å². The minimum atomic E-state index is -1.31. The second kappa shape index (κ2) is 58.9. The Morgan fingerprint density at radius 1 is 0.475 bits per heavy atom. The van der Waals surface area contributed by atoms with E-state index in [0.717, 1.165) is 46.8 Å². The molecule has 7 rings (SSSR count). The van der Waals surface area contributed by atoms with E-state index < -0.39 is 24.3 Å². The normalized spacial score (nSPS) is 9.69. The molecular weight excluding hydrogens is 1580 g/mol. The molecule has 0 saturated carbocycles. The summed E-state index contributed by atoms with van der Waals surface area (Å²) in [7, 11) is 0. The van der Waals surface area contributed by atoms with Crippen molar-refractivity contribution < 1.29 is 68.3 Å². The fourth-order valence-corrected chi connectivity index (χ4v) is 8.58. The van der Waals surface area contributed by atoms with E-state index in [9.17, 15) is 19.2 Å². The second-order valence-corrected chi connectivity index (χ2v) is 22.1. The molecule has 26 nitrogen and oxygen atoms in total. The van der Waals surface area contributed by atoms with E-state index in [1.165, 1.54) is 0 Å². The summed E-state index contributed by atoms with van der Waals surface area (Å²) >= 11 is 60.4. The van der Waals surface area contributed by atoms with Gasteiger partial charge in [0, 0.05) is 40.5 Å². The Hall–Kier alpha value is -7.73. The summed E-state index contributed by atoms with van der Waals surface area (Å²) in [5, 5.41) is 39.4. The van der Waals surface area contributed by atoms with Gasteiger partial charge < -0.3 is 70.0 Å². The first-order chi connectivity index (χ1) is 46.2. The van der Waals surface area contributed by atoms with Crippen LogP contribution in [0.1, 0.15) is 49.9 Å². The van der Waals surface area contributed by atoms with Crippen molar-refractivity contribution in [2.24, 2.45) is 37.9 Å². The number of nitrogens with zero attached hydrogens (tertiary/aromatic N) is 5. The minimum Gasteiger partial charge on any atom is -0.870 e. The summed E-state index contributed by atoms with van der Waals surface area (Å²) in [6, 6.07) is 36.1. The van der Waals surface area contributed by atoms with Crippen LogP contribution in [0.2, 0.25) is 50.2 Å². The Bertz CT molecular complexity index is 3690. The number of primary amides is 1. The van der Waals surface area contributed by atoms with Gasteiger partial charge in [-0.2, -0.15) is 10.5 Å². The number of carbonyl (C=O) groups is 4. The van der Waals surface area contributed by atoms with E-state index in [1.807, 2.05) is 83.3 Å². The first-order valence-electron chi connectivity index (χ1n) is 27.7. The predicted molar refractivity (Wildman–Crippen MR) is 413 cm³/mol. The quantitative estimate of drug-likeness (QED) is 0.0159. The van der Waals surface area contributed by atoms with Gasteiger partial charge in [0.05, 0.1) is 74.8 Å². The number of ether oxygens (including phenoxy) is 3. The van der Waals surface area contributed by atoms with Gasteiger partial charge in [-0.25, -0.2) is 34.2 Å². The van der Waals surface area contributed by atoms with Crippen LogP contribution in [0.4, 0.5) is 59.0 Å². The number of nitrogen functional groups attached to an aromatic ring is 2. The van der Waals surface area contributed by atoms with Crippen LogP contribution >= 0.6 is 132 Å². The molecule has 5 amide bonds. The molecule has 0 aliphatic rings. The third kappa shape index (κ3) is 45.0. The average molecular weight is 1660 g/mol. The Morgan fingerprint density at radius 3 is 1.04 bits per heavy atom. The second-order valence-electron chi connectivity index (χ2n) is 17.7. The van der Waals surface area contributed by atoms with Crippen LogP contribution in [0.25, 0.3) is 0 Å². The van der Waals surface area contributed by atoms with Crippen molar-refractivity contribution in [3.8, 4) is 11.2 Å². The molecule has 0 radical (unpaired) electrons. The number of nitrogens with one attached hydrogen (secondary N) is 5. The Balaban J connectivity index is -0.000000357. The molecule has 0 saturated heterocycles. The molecule has 21 N–H and O–H groups in total. The van der Waals surface area contributed by atoms with E-state index in [1.54, 1.807) is 116 Å². The van der Waals surface area contributed by atoms with Crippen molar-refractivity contribution in [3.05, 3.63) is 200 Å². The smallest absolute Gasteiger partial charge is 0.870 e. The van der Waals surface area contributed by atoms with Gasteiger partial charge in [0.2, 0.25) is 17.9 Å². The van der Waals surface area contributed by atoms with Gasteiger partial charge >= 0.3 is 43.2 Å². The monoisotopic (exact) mass is 1650 g/mol. The van der Waals surface area contributed by atoms with Crippen LogP contribution in [0.5, 0.6) is 0 Å². The topological polar surface area (TPSA) is 479 Å². The Morgan fingerprint density at radius 2 is 0.772 bits per heavy atom. The van der Waals surface area contributed by atoms with Crippen molar-refractivity contribution in [2.75, 3.05) is 48.5 Å². The number of para-hydroxylation sites is 7. The summed E-state index contributed by atoms with van der Waals surface area (Å²) in [6.07, 6.45) is -0.953. The van der Waals surface area contributed by atoms with Crippen molar-refractivity contribution in [3.63, 3.8) is 0 Å². The fraction of sp³-hybridized carbons (Fsp3) is 0.190. The van der Waals surface area contributed by atoms with Crippen LogP contribution in [0, 0.1) is 49.4 Å². The molecule has 0 aliphatic heterocycles. The van der Waals surface area contributed by atoms with Crippen LogP contribution in [0.3, 0.4) is 0 Å². The molecule has 38 heteroatoms. The Labute approximate surface area is 656 Å². The molecule has 101 heavy (non-hydrogen) atoms. The molecule has 544 valence electrons. The molecule has 0 heterocycles. The maximum absolute atomic E-state index is 12.0. The van der Waals surface area contributed by atoms with Crippen LogP contribution in [0.15, 0.2) is 142 Å². The first-order valence-corrected chi connectivity index (χ1v) is 32.3. The largest absolute Gasteiger partial charge is 1.00 e. The number of guanidine groups is 3. The first kappa shape index (κ1) is 102. The summed E-state index contributed by atoms with van der Waals surface area (Å²) in [6.45, 7) is 17.5. The van der Waals surface area contributed by atoms with E-state index in [4.69, 9.17) is 165 Å². The average Bonchev–Trinajstić information content (AvgIpc) is 0.880. The van der Waals surface area contributed by atoms with E-state index >= 15 is 0 Å². The SMILES string of the molecule is CCOC(=O)NC(N)=Nc1c(Cl)cccc1Cl.CCOC(N)=O.CCOCC.Cc1cccc(C)c1N.Cc1cccc(C)c1NC(=O)NC(N)=Nc1c(Cl)cccc1Cl.N#CBr.N#CNc1c(Cl)cccc1Cl.NC(=Nc1c(Cl)cccc1Cl)NC(=O)O.Nc1c(Cl)cccc1Cl.O.[Li+].[OH-]. The van der Waals surface area contributed by atoms with Crippen LogP contribution < -0.4 is 79.8 Å². The van der Waals surface area contributed by atoms with E-state index in [2.05, 4.69) is 67.4 Å². The molecule has 0 unspecified atom stereocenters. The summed E-state index contributed by atoms with van der Waals surface area (Å²) in [4.78, 5) is 56.2. The third-order valence-corrected chi connectivity index (χ3v) is 13.7. The van der Waals surface area contributed by atoms with Crippen molar-refractivity contribution in [1.29, 1.82) is 10.5 Å². The van der Waals surface area contributed by atoms with Gasteiger partial charge in [-0.3, -0.25) is 21.3 Å². The van der Waals surface area contributed by atoms with E-state index in [0.29, 0.717) is 69.5 Å². The number of alkyl carbamates (subject to hydrolysis) is 1. The maximum atomic E-state index is 12.0. The minimum absolute atomic E-state index is 0. The van der Waals surface area contributed by atoms with Gasteiger partial charge in [0.25, 0.3) is 0 Å². The third-order valence-electron chi connectivity index (χ3n) is 10.6. The van der Waals surface area contributed by atoms with Crippen LogP contribution in [-0.2, 0) is 14.2 Å². The Kier molecular flexibility index (Phi) is 59.4. The van der Waals surface area contributed by atoms with Gasteiger partial charge in [-0.15, -0.1) is 0 Å². The van der Waals surface area contributed by atoms with E-state index in [-0.39, 0.29) is 70.0 Å². The number of amides is 5. The van der Waals surface area contributed by atoms with Crippen molar-refractivity contribution in [1.82, 2.24) is 16.0 Å². The zero-order valence-electron chi connectivity index (χ0n) is 55.6. The number of benzene rings is 7. The number of nitrogens with two attached hydrogens (primary N) is 6. The number of aliphatic imine (C=N–C) groups is 3. The molecule has 0 aromatic heterocycles. The molecule has 7 aromatic rings. The zero-order valence-corrected chi connectivity index (χ0v) is 64.7. The van der Waals surface area contributed by atoms with Gasteiger partial charge in [-0.05, 0) is 138 Å². The molecule has 0 atom stereocenters.